The number of fused-ring (bicyclic) bond motifs is 2. The SMILES string of the molecule is CCC1N(C(N)=O)CC12OCc1ccccc12. The lowest BCUT2D eigenvalue weighted by molar-refractivity contribution is -0.168. The lowest BCUT2D eigenvalue weighted by atomic mass is 9.76. The molecule has 2 atom stereocenters. The van der Waals surface area contributed by atoms with Crippen molar-refractivity contribution in [3.8, 4) is 0 Å². The molecule has 0 aliphatic carbocycles. The first-order valence-electron chi connectivity index (χ1n) is 5.97. The molecule has 2 aliphatic heterocycles. The second-order valence-corrected chi connectivity index (χ2v) is 4.73. The summed E-state index contributed by atoms with van der Waals surface area (Å²) in [7, 11) is 0. The molecule has 90 valence electrons. The smallest absolute Gasteiger partial charge is 0.315 e. The average Bonchev–Trinajstić information content (AvgIpc) is 2.68. The molecule has 4 heteroatoms. The average molecular weight is 232 g/mol. The van der Waals surface area contributed by atoms with Gasteiger partial charge < -0.3 is 15.4 Å². The van der Waals surface area contributed by atoms with Crippen molar-refractivity contribution in [3.63, 3.8) is 0 Å². The molecule has 0 aromatic heterocycles. The van der Waals surface area contributed by atoms with Crippen LogP contribution in [0.4, 0.5) is 4.79 Å². The van der Waals surface area contributed by atoms with E-state index in [-0.39, 0.29) is 17.7 Å². The maximum Gasteiger partial charge on any atom is 0.315 e. The van der Waals surface area contributed by atoms with E-state index in [1.807, 2.05) is 12.1 Å². The zero-order valence-corrected chi connectivity index (χ0v) is 9.85. The van der Waals surface area contributed by atoms with Gasteiger partial charge in [-0.15, -0.1) is 0 Å². The third kappa shape index (κ3) is 1.24. The van der Waals surface area contributed by atoms with Crippen molar-refractivity contribution in [3.05, 3.63) is 35.4 Å². The van der Waals surface area contributed by atoms with Crippen LogP contribution in [0.15, 0.2) is 24.3 Å². The number of hydrogen-bond acceptors (Lipinski definition) is 2. The van der Waals surface area contributed by atoms with E-state index in [0.717, 1.165) is 6.42 Å². The van der Waals surface area contributed by atoms with Crippen molar-refractivity contribution in [2.45, 2.75) is 31.6 Å². The predicted octanol–water partition coefficient (Wildman–Crippen LogP) is 1.58. The first-order valence-corrected chi connectivity index (χ1v) is 5.97. The van der Waals surface area contributed by atoms with Gasteiger partial charge in [-0.05, 0) is 17.5 Å². The Hall–Kier alpha value is -1.55. The number of nitrogens with zero attached hydrogens (tertiary/aromatic N) is 1. The second-order valence-electron chi connectivity index (χ2n) is 4.73. The Bertz CT molecular complexity index is 474. The highest BCUT2D eigenvalue weighted by atomic mass is 16.5. The number of urea groups is 1. The summed E-state index contributed by atoms with van der Waals surface area (Å²) >= 11 is 0. The highest BCUT2D eigenvalue weighted by Crippen LogP contribution is 2.48. The second kappa shape index (κ2) is 3.47. The molecular weight excluding hydrogens is 216 g/mol. The van der Waals surface area contributed by atoms with Crippen LogP contribution in [0.5, 0.6) is 0 Å². The number of carbonyl (C=O) groups is 1. The molecule has 2 unspecified atom stereocenters. The maximum absolute atomic E-state index is 11.3. The molecule has 0 bridgehead atoms. The zero-order valence-electron chi connectivity index (χ0n) is 9.85. The normalized spacial score (nSPS) is 30.2. The summed E-state index contributed by atoms with van der Waals surface area (Å²) in [5, 5.41) is 0. The van der Waals surface area contributed by atoms with Gasteiger partial charge in [-0.25, -0.2) is 4.79 Å². The Kier molecular flexibility index (Phi) is 2.16. The fraction of sp³-hybridized carbons (Fsp3) is 0.462. The molecule has 0 radical (unpaired) electrons. The van der Waals surface area contributed by atoms with Crippen LogP contribution < -0.4 is 5.73 Å². The van der Waals surface area contributed by atoms with Crippen LogP contribution in [-0.2, 0) is 16.9 Å². The maximum atomic E-state index is 11.3. The molecule has 4 nitrogen and oxygen atoms in total. The monoisotopic (exact) mass is 232 g/mol. The predicted molar refractivity (Wildman–Crippen MR) is 63.3 cm³/mol. The Morgan fingerprint density at radius 1 is 1.59 bits per heavy atom. The summed E-state index contributed by atoms with van der Waals surface area (Å²) in [6.45, 7) is 3.28. The van der Waals surface area contributed by atoms with Gasteiger partial charge in [0, 0.05) is 0 Å². The van der Waals surface area contributed by atoms with E-state index < -0.39 is 0 Å². The number of rotatable bonds is 1. The molecule has 0 saturated carbocycles. The van der Waals surface area contributed by atoms with E-state index in [0.29, 0.717) is 13.2 Å². The molecule has 2 aliphatic rings. The van der Waals surface area contributed by atoms with Crippen LogP contribution in [0.2, 0.25) is 0 Å². The molecule has 1 aromatic carbocycles. The Balaban J connectivity index is 1.98. The number of nitrogens with two attached hydrogens (primary N) is 1. The van der Waals surface area contributed by atoms with Crippen LogP contribution in [-0.4, -0.2) is 23.5 Å². The van der Waals surface area contributed by atoms with Crippen molar-refractivity contribution >= 4 is 6.03 Å². The third-order valence-electron chi connectivity index (χ3n) is 3.95. The minimum absolute atomic E-state index is 0.0728. The van der Waals surface area contributed by atoms with Crippen LogP contribution >= 0.6 is 0 Å². The van der Waals surface area contributed by atoms with E-state index in [2.05, 4.69) is 19.1 Å². The fourth-order valence-electron chi connectivity index (χ4n) is 3.14. The number of amides is 2. The molecule has 1 spiro atoms. The number of ether oxygens (including phenoxy) is 1. The van der Waals surface area contributed by atoms with Gasteiger partial charge in [0.1, 0.15) is 5.60 Å². The summed E-state index contributed by atoms with van der Waals surface area (Å²) in [5.74, 6) is 0. The minimum atomic E-state index is -0.351. The van der Waals surface area contributed by atoms with Crippen molar-refractivity contribution < 1.29 is 9.53 Å². The quantitative estimate of drug-likeness (QED) is 0.799. The van der Waals surface area contributed by atoms with Gasteiger partial charge in [-0.3, -0.25) is 0 Å². The van der Waals surface area contributed by atoms with Crippen LogP contribution in [0.3, 0.4) is 0 Å². The van der Waals surface area contributed by atoms with E-state index >= 15 is 0 Å². The summed E-state index contributed by atoms with van der Waals surface area (Å²) < 4.78 is 5.98. The molecule has 1 fully saturated rings. The summed E-state index contributed by atoms with van der Waals surface area (Å²) in [6, 6.07) is 7.95. The summed E-state index contributed by atoms with van der Waals surface area (Å²) in [6.07, 6.45) is 0.858. The Morgan fingerprint density at radius 2 is 2.35 bits per heavy atom. The topological polar surface area (TPSA) is 55.6 Å². The van der Waals surface area contributed by atoms with Gasteiger partial charge in [0.05, 0.1) is 19.2 Å². The lowest BCUT2D eigenvalue weighted by Crippen LogP contribution is -2.69. The molecule has 2 amide bonds. The Labute approximate surface area is 100 Å². The van der Waals surface area contributed by atoms with Crippen LogP contribution in [0.1, 0.15) is 24.5 Å². The van der Waals surface area contributed by atoms with Crippen molar-refractivity contribution in [1.82, 2.24) is 4.90 Å². The molecule has 1 saturated heterocycles. The van der Waals surface area contributed by atoms with Crippen molar-refractivity contribution in [2.75, 3.05) is 6.54 Å². The molecule has 2 N–H and O–H groups in total. The minimum Gasteiger partial charge on any atom is -0.362 e. The highest BCUT2D eigenvalue weighted by Gasteiger charge is 2.58. The molecule has 1 aromatic rings. The van der Waals surface area contributed by atoms with E-state index in [4.69, 9.17) is 10.5 Å². The van der Waals surface area contributed by atoms with Crippen LogP contribution in [0, 0.1) is 0 Å². The number of carbonyl (C=O) groups excluding carboxylic acids is 1. The first kappa shape index (κ1) is 10.6. The highest BCUT2D eigenvalue weighted by molar-refractivity contribution is 5.74. The molecule has 17 heavy (non-hydrogen) atoms. The molecular formula is C13H16N2O2. The van der Waals surface area contributed by atoms with Crippen LogP contribution in [0.25, 0.3) is 0 Å². The van der Waals surface area contributed by atoms with Crippen molar-refractivity contribution in [2.24, 2.45) is 5.73 Å². The Morgan fingerprint density at radius 3 is 3.06 bits per heavy atom. The lowest BCUT2D eigenvalue weighted by Gasteiger charge is -2.54. The number of likely N-dealkylation sites (tertiary alicyclic amines) is 1. The van der Waals surface area contributed by atoms with Gasteiger partial charge >= 0.3 is 6.03 Å². The standard InChI is InChI=1S/C13H16N2O2/c1-2-11-13(8-15(11)12(14)16)10-6-4-3-5-9(10)7-17-13/h3-6,11H,2,7-8H2,1H3,(H2,14,16). The summed E-state index contributed by atoms with van der Waals surface area (Å²) in [5.41, 5.74) is 7.52. The zero-order chi connectivity index (χ0) is 12.0. The van der Waals surface area contributed by atoms with Crippen molar-refractivity contribution in [1.29, 1.82) is 0 Å². The van der Waals surface area contributed by atoms with Gasteiger partial charge in [0.2, 0.25) is 0 Å². The number of benzene rings is 1. The van der Waals surface area contributed by atoms with E-state index in [1.54, 1.807) is 4.90 Å². The number of hydrogen-bond donors (Lipinski definition) is 1. The van der Waals surface area contributed by atoms with E-state index in [9.17, 15) is 4.79 Å². The first-order chi connectivity index (χ1) is 8.19. The fourth-order valence-corrected chi connectivity index (χ4v) is 3.14. The van der Waals surface area contributed by atoms with Gasteiger partial charge in [-0.2, -0.15) is 0 Å². The van der Waals surface area contributed by atoms with Gasteiger partial charge in [-0.1, -0.05) is 31.2 Å². The summed E-state index contributed by atoms with van der Waals surface area (Å²) in [4.78, 5) is 13.0. The third-order valence-corrected chi connectivity index (χ3v) is 3.95. The van der Waals surface area contributed by atoms with Gasteiger partial charge in [0.15, 0.2) is 0 Å². The number of primary amides is 1. The molecule has 3 rings (SSSR count). The van der Waals surface area contributed by atoms with E-state index in [1.165, 1.54) is 11.1 Å². The van der Waals surface area contributed by atoms with Gasteiger partial charge in [0.25, 0.3) is 0 Å². The molecule has 2 heterocycles. The largest absolute Gasteiger partial charge is 0.362 e.